The Morgan fingerprint density at radius 2 is 1.61 bits per heavy atom. The Morgan fingerprint density at radius 1 is 0.961 bits per heavy atom. The van der Waals surface area contributed by atoms with E-state index in [1.54, 1.807) is 0 Å². The molecule has 1 aliphatic carbocycles. The van der Waals surface area contributed by atoms with Gasteiger partial charge in [-0.2, -0.15) is 18.3 Å². The van der Waals surface area contributed by atoms with Gasteiger partial charge in [0, 0.05) is 63.0 Å². The maximum absolute atomic E-state index is 14.1. The number of anilines is 3. The first-order valence-corrected chi connectivity index (χ1v) is 17.1. The normalized spacial score (nSPS) is 17.5. The molecule has 0 unspecified atom stereocenters. The van der Waals surface area contributed by atoms with Gasteiger partial charge in [-0.15, -0.1) is 0 Å². The number of aromatic amines is 1. The minimum absolute atomic E-state index is 0.0303. The van der Waals surface area contributed by atoms with Crippen LogP contribution in [-0.4, -0.2) is 91.7 Å². The molecule has 0 spiro atoms. The lowest BCUT2D eigenvalue weighted by Gasteiger charge is -2.39. The number of pyridine rings is 1. The van der Waals surface area contributed by atoms with Gasteiger partial charge in [0.25, 0.3) is 5.91 Å². The Morgan fingerprint density at radius 3 is 2.24 bits per heavy atom. The Bertz CT molecular complexity index is 2070. The number of rotatable bonds is 7. The van der Waals surface area contributed by atoms with Crippen molar-refractivity contribution < 1.29 is 48.7 Å². The van der Waals surface area contributed by atoms with Gasteiger partial charge in [0.2, 0.25) is 15.8 Å². The number of amides is 2. The summed E-state index contributed by atoms with van der Waals surface area (Å²) in [5.41, 5.74) is -0.520. The zero-order valence-electron chi connectivity index (χ0n) is 26.8. The zero-order chi connectivity index (χ0) is 36.9. The minimum atomic E-state index is -5.42. The van der Waals surface area contributed by atoms with Crippen LogP contribution in [0.15, 0.2) is 58.5 Å². The van der Waals surface area contributed by atoms with Gasteiger partial charge in [0.05, 0.1) is 26.4 Å². The Hall–Kier alpha value is -4.78. The van der Waals surface area contributed by atoms with Crippen LogP contribution in [0.2, 0.25) is 0 Å². The lowest BCUT2D eigenvalue weighted by Crippen LogP contribution is -2.50. The third-order valence-corrected chi connectivity index (χ3v) is 10.6. The first-order chi connectivity index (χ1) is 23.9. The van der Waals surface area contributed by atoms with Crippen molar-refractivity contribution in [2.45, 2.75) is 53.6 Å². The van der Waals surface area contributed by atoms with Gasteiger partial charge in [-0.1, -0.05) is 0 Å². The predicted molar refractivity (Wildman–Crippen MR) is 171 cm³/mol. The Balaban J connectivity index is 1.41. The second kappa shape index (κ2) is 13.4. The highest BCUT2D eigenvalue weighted by Gasteiger charge is 2.48. The topological polar surface area (TPSA) is 132 Å². The molecule has 3 heterocycles. The molecule has 272 valence electrons. The second-order valence-corrected chi connectivity index (χ2v) is 14.4. The minimum Gasteiger partial charge on any atom is -0.369 e. The van der Waals surface area contributed by atoms with E-state index < -0.39 is 98.2 Å². The molecule has 4 aromatic rings. The molecule has 1 saturated heterocycles. The number of piperazine rings is 1. The van der Waals surface area contributed by atoms with Crippen molar-refractivity contribution in [1.82, 2.24) is 20.1 Å². The van der Waals surface area contributed by atoms with Crippen molar-refractivity contribution in [3.8, 4) is 0 Å². The molecule has 19 heteroatoms. The van der Waals surface area contributed by atoms with Crippen molar-refractivity contribution in [3.05, 3.63) is 65.9 Å². The number of hydrogen-bond acceptors (Lipinski definition) is 8. The number of likely N-dealkylation sites (N-methyl/N-ethyl adjacent to an activating group) is 1. The van der Waals surface area contributed by atoms with E-state index in [-0.39, 0.29) is 16.9 Å². The molecular formula is C32H30F7N7O4S. The van der Waals surface area contributed by atoms with E-state index in [1.807, 2.05) is 16.8 Å². The van der Waals surface area contributed by atoms with Crippen molar-refractivity contribution in [1.29, 1.82) is 0 Å². The van der Waals surface area contributed by atoms with E-state index in [2.05, 4.69) is 20.5 Å². The molecule has 2 fully saturated rings. The number of halogens is 7. The highest BCUT2D eigenvalue weighted by molar-refractivity contribution is 7.91. The van der Waals surface area contributed by atoms with E-state index in [0.29, 0.717) is 55.0 Å². The number of nitrogens with one attached hydrogen (secondary N) is 2. The third-order valence-electron chi connectivity index (χ3n) is 8.95. The smallest absolute Gasteiger partial charge is 0.369 e. The third kappa shape index (κ3) is 7.49. The summed E-state index contributed by atoms with van der Waals surface area (Å²) < 4.78 is 125. The molecule has 2 aromatic carbocycles. The van der Waals surface area contributed by atoms with E-state index in [1.165, 1.54) is 18.2 Å². The SMILES string of the molecule is CN1CCN(c2ccc(C(=O)Nc3n[nH]c4ncc(S(=O)(=O)c5cc(F)cc(F)c5)cc34)c(N(C(=O)C(F)(F)F)C3CCC(F)(F)CC3)c2)CC1. The van der Waals surface area contributed by atoms with Crippen LogP contribution in [-0.2, 0) is 14.6 Å². The van der Waals surface area contributed by atoms with E-state index >= 15 is 0 Å². The summed E-state index contributed by atoms with van der Waals surface area (Å²) in [6, 6.07) is 5.37. The summed E-state index contributed by atoms with van der Waals surface area (Å²) in [6.07, 6.45) is -6.98. The maximum Gasteiger partial charge on any atom is 0.471 e. The first-order valence-electron chi connectivity index (χ1n) is 15.7. The van der Waals surface area contributed by atoms with Crippen LogP contribution in [0, 0.1) is 11.6 Å². The van der Waals surface area contributed by atoms with Crippen molar-refractivity contribution in [2.75, 3.05) is 48.3 Å². The number of hydrogen-bond donors (Lipinski definition) is 2. The van der Waals surface area contributed by atoms with Crippen LogP contribution in [0.3, 0.4) is 0 Å². The van der Waals surface area contributed by atoms with Gasteiger partial charge in [0.15, 0.2) is 11.5 Å². The van der Waals surface area contributed by atoms with Crippen LogP contribution in [0.5, 0.6) is 0 Å². The van der Waals surface area contributed by atoms with Crippen molar-refractivity contribution in [3.63, 3.8) is 0 Å². The van der Waals surface area contributed by atoms with Gasteiger partial charge < -0.3 is 20.0 Å². The molecule has 6 rings (SSSR count). The number of sulfone groups is 1. The highest BCUT2D eigenvalue weighted by atomic mass is 32.2. The van der Waals surface area contributed by atoms with Gasteiger partial charge in [-0.25, -0.2) is 31.0 Å². The Kier molecular flexibility index (Phi) is 9.47. The largest absolute Gasteiger partial charge is 0.471 e. The first kappa shape index (κ1) is 36.0. The zero-order valence-corrected chi connectivity index (χ0v) is 27.6. The molecule has 2 N–H and O–H groups in total. The summed E-state index contributed by atoms with van der Waals surface area (Å²) in [6.45, 7) is 2.19. The summed E-state index contributed by atoms with van der Waals surface area (Å²) >= 11 is 0. The van der Waals surface area contributed by atoms with Gasteiger partial charge in [-0.05, 0) is 56.3 Å². The van der Waals surface area contributed by atoms with E-state index in [9.17, 15) is 48.7 Å². The molecule has 11 nitrogen and oxygen atoms in total. The van der Waals surface area contributed by atoms with E-state index in [0.717, 1.165) is 12.3 Å². The van der Waals surface area contributed by atoms with Gasteiger partial charge >= 0.3 is 12.1 Å². The van der Waals surface area contributed by atoms with Gasteiger partial charge in [0.1, 0.15) is 11.6 Å². The molecule has 51 heavy (non-hydrogen) atoms. The second-order valence-electron chi connectivity index (χ2n) is 12.5. The van der Waals surface area contributed by atoms with Crippen LogP contribution in [0.1, 0.15) is 36.0 Å². The summed E-state index contributed by atoms with van der Waals surface area (Å²) in [5, 5.41) is 8.76. The molecule has 2 aromatic heterocycles. The van der Waals surface area contributed by atoms with Crippen LogP contribution in [0.4, 0.5) is 47.9 Å². The number of alkyl halides is 5. The number of fused-ring (bicyclic) bond motifs is 1. The number of nitrogens with zero attached hydrogens (tertiary/aromatic N) is 5. The number of carbonyl (C=O) groups is 2. The average Bonchev–Trinajstić information content (AvgIpc) is 3.46. The van der Waals surface area contributed by atoms with Gasteiger partial charge in [-0.3, -0.25) is 14.7 Å². The fourth-order valence-electron chi connectivity index (χ4n) is 6.19. The number of benzene rings is 2. The molecule has 0 radical (unpaired) electrons. The van der Waals surface area contributed by atoms with E-state index in [4.69, 9.17) is 0 Å². The number of carbonyl (C=O) groups excluding carboxylic acids is 2. The number of aromatic nitrogens is 3. The lowest BCUT2D eigenvalue weighted by atomic mass is 9.90. The van der Waals surface area contributed by atoms with Crippen molar-refractivity contribution in [2.24, 2.45) is 0 Å². The quantitative estimate of drug-likeness (QED) is 0.236. The highest BCUT2D eigenvalue weighted by Crippen LogP contribution is 2.40. The fraction of sp³-hybridized carbons (Fsp3) is 0.375. The average molecular weight is 742 g/mol. The molecular weight excluding hydrogens is 711 g/mol. The van der Waals surface area contributed by atoms with Crippen LogP contribution < -0.4 is 15.1 Å². The van der Waals surface area contributed by atoms with Crippen molar-refractivity contribution >= 4 is 49.9 Å². The summed E-state index contributed by atoms with van der Waals surface area (Å²) in [4.78, 5) is 34.0. The number of H-pyrrole nitrogens is 1. The molecule has 1 saturated carbocycles. The molecule has 0 atom stereocenters. The monoisotopic (exact) mass is 741 g/mol. The maximum atomic E-state index is 14.1. The van der Waals surface area contributed by atoms with Crippen LogP contribution in [0.25, 0.3) is 11.0 Å². The molecule has 2 aliphatic rings. The fourth-order valence-corrected chi connectivity index (χ4v) is 7.46. The predicted octanol–water partition coefficient (Wildman–Crippen LogP) is 5.55. The summed E-state index contributed by atoms with van der Waals surface area (Å²) in [7, 11) is -2.65. The van der Waals surface area contributed by atoms with Crippen LogP contribution >= 0.6 is 0 Å². The molecule has 2 amide bonds. The standard InChI is InChI=1S/C32H30F7N7O4S/c1-44-8-10-45(11-9-44)21-2-3-24(26(15-21)46(30(48)32(37,38)39)20-4-6-31(35,36)7-5-20)29(47)41-28-25-16-23(17-40-27(25)42-43-28)51(49,50)22-13-18(33)12-19(34)14-22/h2-3,12-17,20H,4-11H2,1H3,(H2,40,41,42,43,47). The molecule has 1 aliphatic heterocycles. The lowest BCUT2D eigenvalue weighted by molar-refractivity contribution is -0.171. The summed E-state index contributed by atoms with van der Waals surface area (Å²) in [5.74, 6) is -9.13. The molecule has 0 bridgehead atoms. The Labute approximate surface area is 286 Å².